The van der Waals surface area contributed by atoms with Gasteiger partial charge in [-0.25, -0.2) is 9.37 Å². The number of aryl methyl sites for hydroxylation is 1. The number of benzene rings is 2. The highest BCUT2D eigenvalue weighted by molar-refractivity contribution is 5.94. The van der Waals surface area contributed by atoms with Crippen LogP contribution in [0.25, 0.3) is 0 Å². The smallest absolute Gasteiger partial charge is 0.252 e. The summed E-state index contributed by atoms with van der Waals surface area (Å²) >= 11 is 0. The first-order chi connectivity index (χ1) is 14.6. The van der Waals surface area contributed by atoms with E-state index in [1.54, 1.807) is 18.3 Å². The minimum Gasteiger partial charge on any atom is -0.338 e. The van der Waals surface area contributed by atoms with Gasteiger partial charge in [-0.1, -0.05) is 30.7 Å². The van der Waals surface area contributed by atoms with Gasteiger partial charge in [-0.3, -0.25) is 9.69 Å². The third-order valence-corrected chi connectivity index (χ3v) is 5.67. The summed E-state index contributed by atoms with van der Waals surface area (Å²) in [4.78, 5) is 19.8. The first-order valence-corrected chi connectivity index (χ1v) is 10.4. The Balaban J connectivity index is 1.49. The number of nitrogens with one attached hydrogen (secondary N) is 1. The van der Waals surface area contributed by atoms with Gasteiger partial charge in [0.1, 0.15) is 17.7 Å². The zero-order chi connectivity index (χ0) is 20.9. The molecule has 5 nitrogen and oxygen atoms in total. The number of hydrogen-bond donors (Lipinski definition) is 1. The summed E-state index contributed by atoms with van der Waals surface area (Å²) in [7, 11) is 1.88. The summed E-state index contributed by atoms with van der Waals surface area (Å²) < 4.78 is 15.3. The van der Waals surface area contributed by atoms with Gasteiger partial charge < -0.3 is 9.88 Å². The van der Waals surface area contributed by atoms with E-state index in [0.29, 0.717) is 11.4 Å². The molecule has 0 saturated carbocycles. The number of halogens is 1. The Morgan fingerprint density at radius 1 is 1.07 bits per heavy atom. The van der Waals surface area contributed by atoms with Crippen molar-refractivity contribution in [2.45, 2.75) is 31.8 Å². The molecule has 1 saturated heterocycles. The molecule has 30 heavy (non-hydrogen) atoms. The highest BCUT2D eigenvalue weighted by Gasteiger charge is 2.21. The van der Waals surface area contributed by atoms with Gasteiger partial charge in [-0.05, 0) is 61.3 Å². The van der Waals surface area contributed by atoms with E-state index in [9.17, 15) is 9.18 Å². The van der Waals surface area contributed by atoms with Gasteiger partial charge in [0, 0.05) is 31.5 Å². The van der Waals surface area contributed by atoms with Crippen LogP contribution in [0.3, 0.4) is 0 Å². The second kappa shape index (κ2) is 9.22. The second-order valence-electron chi connectivity index (χ2n) is 7.89. The minimum atomic E-state index is -0.467. The predicted octanol–water partition coefficient (Wildman–Crippen LogP) is 4.06. The molecular weight excluding hydrogens is 379 g/mol. The summed E-state index contributed by atoms with van der Waals surface area (Å²) in [6, 6.07) is 13.5. The Bertz CT molecular complexity index is 975. The quantitative estimate of drug-likeness (QED) is 0.672. The van der Waals surface area contributed by atoms with Crippen molar-refractivity contribution in [2.24, 2.45) is 7.05 Å². The molecule has 4 rings (SSSR count). The lowest BCUT2D eigenvalue weighted by Gasteiger charge is -2.26. The van der Waals surface area contributed by atoms with Crippen LogP contribution in [-0.2, 0) is 13.6 Å². The standard InChI is InChI=1S/C24H27FN4O/c1-28-16-13-26-23(28)22(19-9-11-21(25)12-10-19)27-24(30)20-7-5-18(6-8-20)17-29-14-3-2-4-15-29/h5-13,16,22H,2-4,14-15,17H2,1H3,(H,27,30). The third-order valence-electron chi connectivity index (χ3n) is 5.67. The van der Waals surface area contributed by atoms with Crippen molar-refractivity contribution in [3.63, 3.8) is 0 Å². The molecule has 1 N–H and O–H groups in total. The van der Waals surface area contributed by atoms with E-state index in [1.807, 2.05) is 42.1 Å². The Morgan fingerprint density at radius 2 is 1.77 bits per heavy atom. The van der Waals surface area contributed by atoms with Crippen LogP contribution >= 0.6 is 0 Å². The highest BCUT2D eigenvalue weighted by Crippen LogP contribution is 2.22. The first kappa shape index (κ1) is 20.3. The normalized spacial score (nSPS) is 15.7. The molecule has 0 aliphatic carbocycles. The van der Waals surface area contributed by atoms with Gasteiger partial charge in [-0.2, -0.15) is 0 Å². The number of likely N-dealkylation sites (tertiary alicyclic amines) is 1. The molecule has 1 fully saturated rings. The van der Waals surface area contributed by atoms with Crippen LogP contribution in [0.15, 0.2) is 60.9 Å². The monoisotopic (exact) mass is 406 g/mol. The van der Waals surface area contributed by atoms with Gasteiger partial charge in [-0.15, -0.1) is 0 Å². The SMILES string of the molecule is Cn1ccnc1C(NC(=O)c1ccc(CN2CCCCC2)cc1)c1ccc(F)cc1. The number of rotatable bonds is 6. The van der Waals surface area contributed by atoms with Gasteiger partial charge >= 0.3 is 0 Å². The predicted molar refractivity (Wildman–Crippen MR) is 114 cm³/mol. The summed E-state index contributed by atoms with van der Waals surface area (Å²) in [6.07, 6.45) is 7.36. The van der Waals surface area contributed by atoms with Crippen molar-refractivity contribution < 1.29 is 9.18 Å². The average molecular weight is 407 g/mol. The van der Waals surface area contributed by atoms with Gasteiger partial charge in [0.2, 0.25) is 0 Å². The van der Waals surface area contributed by atoms with Crippen molar-refractivity contribution in [3.05, 3.63) is 89.3 Å². The maximum atomic E-state index is 13.4. The Morgan fingerprint density at radius 3 is 2.40 bits per heavy atom. The molecular formula is C24H27FN4O. The molecule has 1 aliphatic rings. The molecule has 6 heteroatoms. The lowest BCUT2D eigenvalue weighted by molar-refractivity contribution is 0.0941. The molecule has 1 unspecified atom stereocenters. The van der Waals surface area contributed by atoms with Crippen LogP contribution in [0, 0.1) is 5.82 Å². The van der Waals surface area contributed by atoms with E-state index in [-0.39, 0.29) is 11.7 Å². The number of carbonyl (C=O) groups excluding carboxylic acids is 1. The van der Waals surface area contributed by atoms with E-state index in [2.05, 4.69) is 15.2 Å². The zero-order valence-electron chi connectivity index (χ0n) is 17.2. The maximum Gasteiger partial charge on any atom is 0.252 e. The van der Waals surface area contributed by atoms with Crippen molar-refractivity contribution in [1.82, 2.24) is 19.8 Å². The summed E-state index contributed by atoms with van der Waals surface area (Å²) in [5, 5.41) is 3.06. The van der Waals surface area contributed by atoms with Crippen LogP contribution in [0.1, 0.15) is 52.6 Å². The van der Waals surface area contributed by atoms with Crippen LogP contribution in [0.4, 0.5) is 4.39 Å². The second-order valence-corrected chi connectivity index (χ2v) is 7.89. The molecule has 0 bridgehead atoms. The van der Waals surface area contributed by atoms with Crippen molar-refractivity contribution in [3.8, 4) is 0 Å². The third kappa shape index (κ3) is 4.76. The first-order valence-electron chi connectivity index (χ1n) is 10.4. The topological polar surface area (TPSA) is 50.2 Å². The Hall–Kier alpha value is -2.99. The van der Waals surface area contributed by atoms with E-state index >= 15 is 0 Å². The number of carbonyl (C=O) groups is 1. The van der Waals surface area contributed by atoms with Crippen LogP contribution in [0.2, 0.25) is 0 Å². The van der Waals surface area contributed by atoms with Gasteiger partial charge in [0.15, 0.2) is 0 Å². The Labute approximate surface area is 176 Å². The average Bonchev–Trinajstić information content (AvgIpc) is 3.19. The van der Waals surface area contributed by atoms with Crippen LogP contribution < -0.4 is 5.32 Å². The maximum absolute atomic E-state index is 13.4. The molecule has 0 radical (unpaired) electrons. The molecule has 3 aromatic rings. The van der Waals surface area contributed by atoms with Crippen LogP contribution in [-0.4, -0.2) is 33.4 Å². The zero-order valence-corrected chi connectivity index (χ0v) is 17.2. The fourth-order valence-electron chi connectivity index (χ4n) is 3.96. The lowest BCUT2D eigenvalue weighted by Crippen LogP contribution is -2.31. The van der Waals surface area contributed by atoms with E-state index in [1.165, 1.54) is 37.0 Å². The molecule has 2 heterocycles. The number of amides is 1. The summed E-state index contributed by atoms with van der Waals surface area (Å²) in [5.74, 6) is 0.196. The fourth-order valence-corrected chi connectivity index (χ4v) is 3.96. The Kier molecular flexibility index (Phi) is 6.23. The number of nitrogens with zero attached hydrogens (tertiary/aromatic N) is 3. The number of piperidine rings is 1. The molecule has 2 aromatic carbocycles. The van der Waals surface area contributed by atoms with E-state index < -0.39 is 6.04 Å². The summed E-state index contributed by atoms with van der Waals surface area (Å²) in [5.41, 5.74) is 2.59. The number of aromatic nitrogens is 2. The summed E-state index contributed by atoms with van der Waals surface area (Å²) in [6.45, 7) is 3.21. The molecule has 156 valence electrons. The molecule has 0 spiro atoms. The van der Waals surface area contributed by atoms with Crippen molar-refractivity contribution >= 4 is 5.91 Å². The largest absolute Gasteiger partial charge is 0.338 e. The molecule has 1 aliphatic heterocycles. The van der Waals surface area contributed by atoms with Crippen molar-refractivity contribution in [2.75, 3.05) is 13.1 Å². The minimum absolute atomic E-state index is 0.183. The van der Waals surface area contributed by atoms with Crippen LogP contribution in [0.5, 0.6) is 0 Å². The fraction of sp³-hybridized carbons (Fsp3) is 0.333. The van der Waals surface area contributed by atoms with Gasteiger partial charge in [0.05, 0.1) is 0 Å². The molecule has 1 amide bonds. The molecule has 1 aromatic heterocycles. The van der Waals surface area contributed by atoms with E-state index in [0.717, 1.165) is 25.2 Å². The van der Waals surface area contributed by atoms with E-state index in [4.69, 9.17) is 0 Å². The van der Waals surface area contributed by atoms with Gasteiger partial charge in [0.25, 0.3) is 5.91 Å². The number of hydrogen-bond acceptors (Lipinski definition) is 3. The number of imidazole rings is 1. The highest BCUT2D eigenvalue weighted by atomic mass is 19.1. The lowest BCUT2D eigenvalue weighted by atomic mass is 10.0. The molecule has 1 atom stereocenters. The van der Waals surface area contributed by atoms with Crippen molar-refractivity contribution in [1.29, 1.82) is 0 Å².